The molecule has 5 heteroatoms. The van der Waals surface area contributed by atoms with Crippen LogP contribution in [0.1, 0.15) is 48.1 Å². The summed E-state index contributed by atoms with van der Waals surface area (Å²) in [6.45, 7) is 9.31. The van der Waals surface area contributed by atoms with Gasteiger partial charge in [-0.25, -0.2) is 0 Å². The van der Waals surface area contributed by atoms with Gasteiger partial charge in [-0.1, -0.05) is 31.2 Å². The molecule has 0 saturated heterocycles. The molecule has 5 nitrogen and oxygen atoms in total. The van der Waals surface area contributed by atoms with Gasteiger partial charge in [-0.2, -0.15) is 0 Å². The van der Waals surface area contributed by atoms with E-state index in [1.807, 2.05) is 64.1 Å². The smallest absolute Gasteiger partial charge is 0.127 e. The maximum atomic E-state index is 12.5. The summed E-state index contributed by atoms with van der Waals surface area (Å²) in [7, 11) is 1.62. The highest BCUT2D eigenvalue weighted by atomic mass is 16.5. The topological polar surface area (TPSA) is 78.8 Å². The number of hydrogen-bond donors (Lipinski definition) is 1. The molecule has 1 aliphatic rings. The Labute approximate surface area is 188 Å². The number of aliphatic carboxylic acids is 1. The zero-order valence-electron chi connectivity index (χ0n) is 19.5. The SMILES string of the molecule is COc1ccc2cc(C(C)(CC3(C)Cc4c(C)c(O)c(C)c(C)c4O3)C(=O)[O-])ccc2c1. The molecule has 0 radical (unpaired) electrons. The molecule has 1 aliphatic heterocycles. The Hall–Kier alpha value is -3.21. The second kappa shape index (κ2) is 7.44. The van der Waals surface area contributed by atoms with Gasteiger partial charge >= 0.3 is 0 Å². The van der Waals surface area contributed by atoms with Gasteiger partial charge in [0, 0.05) is 23.8 Å². The first kappa shape index (κ1) is 22.0. The van der Waals surface area contributed by atoms with Crippen LogP contribution in [0.5, 0.6) is 17.2 Å². The molecular formula is C27H29O5-. The van der Waals surface area contributed by atoms with E-state index in [1.54, 1.807) is 14.0 Å². The van der Waals surface area contributed by atoms with Gasteiger partial charge in [0.05, 0.1) is 13.1 Å². The molecule has 0 fully saturated rings. The summed E-state index contributed by atoms with van der Waals surface area (Å²) in [6.07, 6.45) is 0.758. The maximum absolute atomic E-state index is 12.5. The molecule has 1 N–H and O–H groups in total. The molecule has 0 amide bonds. The van der Waals surface area contributed by atoms with Gasteiger partial charge in [-0.15, -0.1) is 0 Å². The summed E-state index contributed by atoms with van der Waals surface area (Å²) >= 11 is 0. The Kier molecular flexibility index (Phi) is 5.11. The minimum Gasteiger partial charge on any atom is -0.549 e. The fraction of sp³-hybridized carbons (Fsp3) is 0.370. The molecule has 0 spiro atoms. The van der Waals surface area contributed by atoms with Crippen LogP contribution in [0.4, 0.5) is 0 Å². The highest BCUT2D eigenvalue weighted by Crippen LogP contribution is 2.48. The monoisotopic (exact) mass is 433 g/mol. The van der Waals surface area contributed by atoms with Gasteiger partial charge in [0.25, 0.3) is 0 Å². The lowest BCUT2D eigenvalue weighted by Gasteiger charge is -2.38. The van der Waals surface area contributed by atoms with Crippen LogP contribution in [0, 0.1) is 20.8 Å². The lowest BCUT2D eigenvalue weighted by molar-refractivity contribution is -0.314. The molecule has 0 saturated carbocycles. The third kappa shape index (κ3) is 3.36. The van der Waals surface area contributed by atoms with Crippen LogP contribution in [0.25, 0.3) is 10.8 Å². The summed E-state index contributed by atoms with van der Waals surface area (Å²) in [6, 6.07) is 11.4. The molecule has 3 aromatic rings. The minimum atomic E-state index is -1.26. The number of phenols is 1. The number of carboxylic acid groups (broad SMARTS) is 1. The third-order valence-corrected chi connectivity index (χ3v) is 7.10. The lowest BCUT2D eigenvalue weighted by Crippen LogP contribution is -2.49. The highest BCUT2D eigenvalue weighted by Gasteiger charge is 2.44. The Morgan fingerprint density at radius 2 is 1.78 bits per heavy atom. The minimum absolute atomic E-state index is 0.233. The van der Waals surface area contributed by atoms with E-state index in [9.17, 15) is 15.0 Å². The van der Waals surface area contributed by atoms with Crippen LogP contribution in [-0.2, 0) is 16.6 Å². The normalized spacial score (nSPS) is 19.3. The summed E-state index contributed by atoms with van der Waals surface area (Å²) < 4.78 is 11.7. The molecule has 0 aromatic heterocycles. The second-order valence-electron chi connectivity index (χ2n) is 9.48. The van der Waals surface area contributed by atoms with Crippen molar-refractivity contribution in [3.63, 3.8) is 0 Å². The molecule has 0 aliphatic carbocycles. The predicted molar refractivity (Wildman–Crippen MR) is 123 cm³/mol. The van der Waals surface area contributed by atoms with E-state index in [-0.39, 0.29) is 12.2 Å². The first-order valence-corrected chi connectivity index (χ1v) is 10.8. The van der Waals surface area contributed by atoms with Crippen molar-refractivity contribution >= 4 is 16.7 Å². The predicted octanol–water partition coefficient (Wildman–Crippen LogP) is 4.27. The highest BCUT2D eigenvalue weighted by molar-refractivity contribution is 5.87. The van der Waals surface area contributed by atoms with Crippen LogP contribution in [0.3, 0.4) is 0 Å². The summed E-state index contributed by atoms with van der Waals surface area (Å²) in [5.41, 5.74) is 2.08. The molecule has 2 atom stereocenters. The van der Waals surface area contributed by atoms with Crippen molar-refractivity contribution in [3.05, 3.63) is 64.2 Å². The number of aromatic hydroxyl groups is 1. The van der Waals surface area contributed by atoms with E-state index >= 15 is 0 Å². The van der Waals surface area contributed by atoms with Crippen molar-refractivity contribution < 1.29 is 24.5 Å². The summed E-state index contributed by atoms with van der Waals surface area (Å²) in [4.78, 5) is 12.5. The van der Waals surface area contributed by atoms with Crippen LogP contribution in [-0.4, -0.2) is 23.8 Å². The van der Waals surface area contributed by atoms with Crippen molar-refractivity contribution in [3.8, 4) is 17.2 Å². The van der Waals surface area contributed by atoms with Crippen molar-refractivity contribution in [2.75, 3.05) is 7.11 Å². The molecule has 3 aromatic carbocycles. The average Bonchev–Trinajstić information content (AvgIpc) is 3.12. The van der Waals surface area contributed by atoms with E-state index in [1.165, 1.54) is 0 Å². The standard InChI is InChI=1S/C27H30O5/c1-15-16(2)24-22(17(3)23(15)28)13-26(4,32-24)14-27(5,25(29)30)20-9-7-19-12-21(31-6)10-8-18(19)11-20/h7-12,28H,13-14H2,1-6H3,(H,29,30)/p-1. The molecule has 2 unspecified atom stereocenters. The molecule has 168 valence electrons. The van der Waals surface area contributed by atoms with E-state index in [0.717, 1.165) is 44.5 Å². The van der Waals surface area contributed by atoms with Crippen molar-refractivity contribution in [2.24, 2.45) is 0 Å². The maximum Gasteiger partial charge on any atom is 0.127 e. The lowest BCUT2D eigenvalue weighted by atomic mass is 9.72. The average molecular weight is 434 g/mol. The fourth-order valence-corrected chi connectivity index (χ4v) is 5.01. The number of methoxy groups -OCH3 is 1. The number of fused-ring (bicyclic) bond motifs is 2. The number of carboxylic acids is 1. The molecule has 4 rings (SSSR count). The van der Waals surface area contributed by atoms with Gasteiger partial charge in [0.15, 0.2) is 0 Å². The number of carbonyl (C=O) groups excluding carboxylic acids is 1. The van der Waals surface area contributed by atoms with Gasteiger partial charge in [0.1, 0.15) is 22.8 Å². The van der Waals surface area contributed by atoms with Crippen LogP contribution < -0.4 is 14.6 Å². The first-order chi connectivity index (χ1) is 15.0. The van der Waals surface area contributed by atoms with Crippen molar-refractivity contribution in [1.29, 1.82) is 0 Å². The number of rotatable bonds is 5. The van der Waals surface area contributed by atoms with Gasteiger partial charge in [-0.05, 0) is 72.9 Å². The zero-order chi connectivity index (χ0) is 23.4. The van der Waals surface area contributed by atoms with E-state index in [4.69, 9.17) is 9.47 Å². The van der Waals surface area contributed by atoms with Crippen LogP contribution >= 0.6 is 0 Å². The Bertz CT molecular complexity index is 1210. The molecule has 1 heterocycles. The Morgan fingerprint density at radius 1 is 1.12 bits per heavy atom. The van der Waals surface area contributed by atoms with Crippen LogP contribution in [0.2, 0.25) is 0 Å². The number of carbonyl (C=O) groups is 1. The number of phenolic OH excluding ortho intramolecular Hbond substituents is 1. The summed E-state index contributed by atoms with van der Waals surface area (Å²) in [5, 5.41) is 24.9. The largest absolute Gasteiger partial charge is 0.549 e. The van der Waals surface area contributed by atoms with E-state index in [2.05, 4.69) is 0 Å². The van der Waals surface area contributed by atoms with Crippen molar-refractivity contribution in [1.82, 2.24) is 0 Å². The number of hydrogen-bond acceptors (Lipinski definition) is 5. The molecule has 32 heavy (non-hydrogen) atoms. The fourth-order valence-electron chi connectivity index (χ4n) is 5.01. The summed E-state index contributed by atoms with van der Waals surface area (Å²) in [5.74, 6) is 0.647. The van der Waals surface area contributed by atoms with Gasteiger partial charge in [0.2, 0.25) is 0 Å². The Balaban J connectivity index is 1.73. The third-order valence-electron chi connectivity index (χ3n) is 7.10. The van der Waals surface area contributed by atoms with E-state index in [0.29, 0.717) is 12.0 Å². The second-order valence-corrected chi connectivity index (χ2v) is 9.48. The number of benzene rings is 3. The van der Waals surface area contributed by atoms with E-state index < -0.39 is 17.0 Å². The zero-order valence-corrected chi connectivity index (χ0v) is 19.5. The van der Waals surface area contributed by atoms with Gasteiger partial charge < -0.3 is 24.5 Å². The van der Waals surface area contributed by atoms with Gasteiger partial charge in [-0.3, -0.25) is 0 Å². The molecular weight excluding hydrogens is 404 g/mol. The first-order valence-electron chi connectivity index (χ1n) is 10.8. The number of ether oxygens (including phenoxy) is 2. The quantitative estimate of drug-likeness (QED) is 0.650. The Morgan fingerprint density at radius 3 is 2.44 bits per heavy atom. The van der Waals surface area contributed by atoms with Crippen molar-refractivity contribution in [2.45, 2.75) is 58.5 Å². The van der Waals surface area contributed by atoms with Crippen LogP contribution in [0.15, 0.2) is 36.4 Å². The molecule has 0 bridgehead atoms.